The van der Waals surface area contributed by atoms with Gasteiger partial charge >= 0.3 is 6.03 Å². The van der Waals surface area contributed by atoms with Crippen molar-refractivity contribution >= 4 is 17.6 Å². The summed E-state index contributed by atoms with van der Waals surface area (Å²) in [5.41, 5.74) is 11.9. The lowest BCUT2D eigenvalue weighted by atomic mass is 9.96. The zero-order valence-electron chi connectivity index (χ0n) is 29.2. The first kappa shape index (κ1) is 35.2. The molecule has 0 saturated carbocycles. The van der Waals surface area contributed by atoms with Crippen LogP contribution in [0.15, 0.2) is 42.5 Å². The van der Waals surface area contributed by atoms with E-state index in [2.05, 4.69) is 65.6 Å². The Balaban J connectivity index is 1.19. The third-order valence-electron chi connectivity index (χ3n) is 10.8. The SMILES string of the molecule is CCc1ccc(C[C@@H](NC(=O)N2CCC(NCCc3ccccc3N)CC2)C(=O)N2CCCN(C3CCN(C)CC3)CC2)cc1CC. The van der Waals surface area contributed by atoms with Crippen LogP contribution in [0.25, 0.3) is 0 Å². The molecular weight excluding hydrogens is 586 g/mol. The molecule has 0 spiro atoms. The highest BCUT2D eigenvalue weighted by Gasteiger charge is 2.32. The number of urea groups is 1. The third kappa shape index (κ3) is 9.71. The van der Waals surface area contributed by atoms with Gasteiger partial charge < -0.3 is 31.1 Å². The van der Waals surface area contributed by atoms with Crippen LogP contribution in [0.5, 0.6) is 0 Å². The highest BCUT2D eigenvalue weighted by Crippen LogP contribution is 2.20. The number of nitrogens with two attached hydrogens (primary N) is 1. The molecule has 47 heavy (non-hydrogen) atoms. The molecule has 0 unspecified atom stereocenters. The highest BCUT2D eigenvalue weighted by molar-refractivity contribution is 5.87. The molecule has 3 aliphatic heterocycles. The summed E-state index contributed by atoms with van der Waals surface area (Å²) in [6.07, 6.45) is 8.52. The number of amides is 3. The Hall–Kier alpha value is -3.14. The lowest BCUT2D eigenvalue weighted by Gasteiger charge is -2.37. The van der Waals surface area contributed by atoms with E-state index in [0.717, 1.165) is 95.6 Å². The minimum atomic E-state index is -0.582. The van der Waals surface area contributed by atoms with Crippen LogP contribution in [0.2, 0.25) is 0 Å². The number of benzene rings is 2. The second-order valence-corrected chi connectivity index (χ2v) is 13.9. The van der Waals surface area contributed by atoms with Gasteiger partial charge in [-0.1, -0.05) is 50.2 Å². The van der Waals surface area contributed by atoms with Gasteiger partial charge in [-0.15, -0.1) is 0 Å². The van der Waals surface area contributed by atoms with Gasteiger partial charge in [-0.3, -0.25) is 9.69 Å². The van der Waals surface area contributed by atoms with Gasteiger partial charge in [0.2, 0.25) is 5.91 Å². The summed E-state index contributed by atoms with van der Waals surface area (Å²) in [6.45, 7) is 12.3. The van der Waals surface area contributed by atoms with Crippen molar-refractivity contribution in [2.75, 3.05) is 71.7 Å². The van der Waals surface area contributed by atoms with Crippen LogP contribution in [0, 0.1) is 0 Å². The molecule has 0 radical (unpaired) electrons. The van der Waals surface area contributed by atoms with Crippen LogP contribution in [0.4, 0.5) is 10.5 Å². The van der Waals surface area contributed by atoms with Crippen LogP contribution in [0.3, 0.4) is 0 Å². The summed E-state index contributed by atoms with van der Waals surface area (Å²) in [5.74, 6) is 0.0536. The van der Waals surface area contributed by atoms with E-state index < -0.39 is 6.04 Å². The molecule has 1 atom stereocenters. The van der Waals surface area contributed by atoms with Crippen LogP contribution in [-0.2, 0) is 30.5 Å². The Morgan fingerprint density at radius 1 is 0.830 bits per heavy atom. The van der Waals surface area contributed by atoms with Crippen molar-refractivity contribution in [3.05, 3.63) is 64.7 Å². The van der Waals surface area contributed by atoms with Gasteiger partial charge in [0.05, 0.1) is 0 Å². The number of anilines is 1. The molecule has 2 aromatic rings. The number of aryl methyl sites for hydroxylation is 2. The van der Waals surface area contributed by atoms with Crippen molar-refractivity contribution in [1.29, 1.82) is 0 Å². The van der Waals surface area contributed by atoms with Gasteiger partial charge in [0.1, 0.15) is 6.04 Å². The van der Waals surface area contributed by atoms with Crippen molar-refractivity contribution in [3.8, 4) is 0 Å². The molecule has 3 amide bonds. The van der Waals surface area contributed by atoms with Gasteiger partial charge in [0, 0.05) is 63.5 Å². The number of hydrogen-bond donors (Lipinski definition) is 3. The zero-order chi connectivity index (χ0) is 33.2. The van der Waals surface area contributed by atoms with Crippen LogP contribution >= 0.6 is 0 Å². The Kier molecular flexibility index (Phi) is 13.0. The van der Waals surface area contributed by atoms with Crippen LogP contribution in [0.1, 0.15) is 68.2 Å². The average molecular weight is 646 g/mol. The maximum atomic E-state index is 14.2. The number of nitrogen functional groups attached to an aromatic ring is 1. The van der Waals surface area contributed by atoms with Crippen molar-refractivity contribution in [1.82, 2.24) is 30.2 Å². The Labute approximate surface area is 283 Å². The summed E-state index contributed by atoms with van der Waals surface area (Å²) < 4.78 is 0. The lowest BCUT2D eigenvalue weighted by molar-refractivity contribution is -0.133. The van der Waals surface area contributed by atoms with E-state index >= 15 is 0 Å². The highest BCUT2D eigenvalue weighted by atomic mass is 16.2. The Morgan fingerprint density at radius 3 is 2.30 bits per heavy atom. The fourth-order valence-corrected chi connectivity index (χ4v) is 7.72. The molecule has 0 aliphatic carbocycles. The quantitative estimate of drug-likeness (QED) is 0.321. The van der Waals surface area contributed by atoms with E-state index in [4.69, 9.17) is 5.73 Å². The van der Waals surface area contributed by atoms with E-state index in [-0.39, 0.29) is 11.9 Å². The number of nitrogens with zero attached hydrogens (tertiary/aromatic N) is 4. The summed E-state index contributed by atoms with van der Waals surface area (Å²) in [5, 5.41) is 6.89. The number of piperidine rings is 2. The number of nitrogens with one attached hydrogen (secondary N) is 2. The molecule has 258 valence electrons. The monoisotopic (exact) mass is 645 g/mol. The maximum Gasteiger partial charge on any atom is 0.318 e. The average Bonchev–Trinajstić information content (AvgIpc) is 3.35. The van der Waals surface area contributed by atoms with Crippen molar-refractivity contribution in [2.45, 2.75) is 89.8 Å². The molecule has 3 fully saturated rings. The predicted molar refractivity (Wildman–Crippen MR) is 192 cm³/mol. The standard InChI is InChI=1S/C38H59N7O2/c1-4-30-12-11-29(27-31(30)5-2)28-36(37(46)44-20-8-19-43(25-26-44)34-16-21-42(3)22-17-34)41-38(47)45-23-14-33(15-24-45)40-18-13-32-9-6-7-10-35(32)39/h6-7,9-12,27,33-34,36,40H,4-5,8,13-26,28,39H2,1-3H3,(H,41,47)/t36-/m1/s1. The second-order valence-electron chi connectivity index (χ2n) is 13.9. The van der Waals surface area contributed by atoms with E-state index in [1.54, 1.807) is 0 Å². The molecule has 5 rings (SSSR count). The molecule has 3 aliphatic rings. The van der Waals surface area contributed by atoms with Crippen molar-refractivity contribution in [3.63, 3.8) is 0 Å². The second kappa shape index (κ2) is 17.3. The first-order valence-electron chi connectivity index (χ1n) is 18.3. The minimum absolute atomic E-state index is 0.0536. The third-order valence-corrected chi connectivity index (χ3v) is 10.8. The van der Waals surface area contributed by atoms with Crippen LogP contribution < -0.4 is 16.4 Å². The van der Waals surface area contributed by atoms with Gasteiger partial charge in [-0.25, -0.2) is 4.79 Å². The molecule has 9 nitrogen and oxygen atoms in total. The largest absolute Gasteiger partial charge is 0.399 e. The Morgan fingerprint density at radius 2 is 1.57 bits per heavy atom. The predicted octanol–water partition coefficient (Wildman–Crippen LogP) is 3.94. The maximum absolute atomic E-state index is 14.2. The zero-order valence-corrected chi connectivity index (χ0v) is 29.2. The number of rotatable bonds is 11. The summed E-state index contributed by atoms with van der Waals surface area (Å²) in [7, 11) is 2.20. The molecule has 9 heteroatoms. The molecule has 2 aromatic carbocycles. The summed E-state index contributed by atoms with van der Waals surface area (Å²) in [6, 6.07) is 14.9. The molecule has 3 saturated heterocycles. The molecule has 0 bridgehead atoms. The van der Waals surface area contributed by atoms with Gasteiger partial charge in [-0.2, -0.15) is 0 Å². The van der Waals surface area contributed by atoms with Gasteiger partial charge in [0.15, 0.2) is 0 Å². The van der Waals surface area contributed by atoms with Crippen molar-refractivity contribution < 1.29 is 9.59 Å². The normalized spacial score (nSPS) is 19.8. The molecule has 4 N–H and O–H groups in total. The van der Waals surface area contributed by atoms with E-state index in [1.165, 1.54) is 29.5 Å². The number of para-hydroxylation sites is 1. The molecular formula is C38H59N7O2. The van der Waals surface area contributed by atoms with Crippen LogP contribution in [-0.4, -0.2) is 116 Å². The fraction of sp³-hybridized carbons (Fsp3) is 0.632. The summed E-state index contributed by atoms with van der Waals surface area (Å²) in [4.78, 5) is 36.9. The first-order valence-corrected chi connectivity index (χ1v) is 18.3. The number of likely N-dealkylation sites (tertiary alicyclic amines) is 2. The number of carbonyl (C=O) groups is 2. The number of carbonyl (C=O) groups excluding carboxylic acids is 2. The Bertz CT molecular complexity index is 1300. The molecule has 0 aromatic heterocycles. The van der Waals surface area contributed by atoms with E-state index in [9.17, 15) is 9.59 Å². The topological polar surface area (TPSA) is 97.2 Å². The van der Waals surface area contributed by atoms with Gasteiger partial charge in [-0.05, 0) is 106 Å². The smallest absolute Gasteiger partial charge is 0.318 e. The van der Waals surface area contributed by atoms with Gasteiger partial charge in [0.25, 0.3) is 0 Å². The van der Waals surface area contributed by atoms with E-state index in [1.807, 2.05) is 28.0 Å². The fourth-order valence-electron chi connectivity index (χ4n) is 7.72. The molecule has 3 heterocycles. The van der Waals surface area contributed by atoms with Crippen molar-refractivity contribution in [2.24, 2.45) is 0 Å². The lowest BCUT2D eigenvalue weighted by Crippen LogP contribution is -2.55. The first-order chi connectivity index (χ1) is 22.8. The minimum Gasteiger partial charge on any atom is -0.399 e. The number of hydrogen-bond acceptors (Lipinski definition) is 6. The van der Waals surface area contributed by atoms with E-state index in [0.29, 0.717) is 31.6 Å². The summed E-state index contributed by atoms with van der Waals surface area (Å²) >= 11 is 0.